The van der Waals surface area contributed by atoms with Gasteiger partial charge in [-0.3, -0.25) is 0 Å². The Morgan fingerprint density at radius 1 is 1.21 bits per heavy atom. The van der Waals surface area contributed by atoms with Gasteiger partial charge >= 0.3 is 0 Å². The molecule has 5 heteroatoms. The number of aliphatic imine (C=N–C) groups is 2. The molecule has 0 radical (unpaired) electrons. The molecule has 0 aromatic heterocycles. The second-order valence-corrected chi connectivity index (χ2v) is 5.07. The van der Waals surface area contributed by atoms with Crippen LogP contribution in [-0.2, 0) is 0 Å². The molecule has 0 aliphatic carbocycles. The lowest BCUT2D eigenvalue weighted by Crippen LogP contribution is -2.44. The van der Waals surface area contributed by atoms with Crippen LogP contribution in [0.4, 0.5) is 0 Å². The lowest BCUT2D eigenvalue weighted by molar-refractivity contribution is 0.408. The van der Waals surface area contributed by atoms with Crippen LogP contribution in [0.2, 0.25) is 0 Å². The van der Waals surface area contributed by atoms with Crippen LogP contribution in [0, 0.1) is 0 Å². The first-order chi connectivity index (χ1) is 6.80. The number of thioether (sulfide) groups is 2. The van der Waals surface area contributed by atoms with E-state index in [0.717, 1.165) is 31.1 Å². The summed E-state index contributed by atoms with van der Waals surface area (Å²) in [6, 6.07) is 0. The van der Waals surface area contributed by atoms with E-state index < -0.39 is 0 Å². The van der Waals surface area contributed by atoms with Crippen molar-refractivity contribution in [1.29, 1.82) is 0 Å². The Labute approximate surface area is 93.2 Å². The third-order valence-corrected chi connectivity index (χ3v) is 4.12. The maximum atomic E-state index is 4.76. The first-order valence-electron chi connectivity index (χ1n) is 4.78. The van der Waals surface area contributed by atoms with E-state index in [-0.39, 0.29) is 5.54 Å². The van der Waals surface area contributed by atoms with Crippen LogP contribution in [0.5, 0.6) is 0 Å². The lowest BCUT2D eigenvalue weighted by Gasteiger charge is -2.31. The summed E-state index contributed by atoms with van der Waals surface area (Å²) in [7, 11) is 0. The molecule has 2 aliphatic rings. The van der Waals surface area contributed by atoms with Gasteiger partial charge in [-0.25, -0.2) is 9.98 Å². The molecule has 1 fully saturated rings. The van der Waals surface area contributed by atoms with Crippen LogP contribution in [0.15, 0.2) is 9.98 Å². The number of hydrogen-bond acceptors (Lipinski definition) is 5. The van der Waals surface area contributed by atoms with Crippen molar-refractivity contribution < 1.29 is 0 Å². The Hall–Kier alpha value is -0.0000000000000000833. The summed E-state index contributed by atoms with van der Waals surface area (Å²) in [5.74, 6) is 0. The van der Waals surface area contributed by atoms with Crippen molar-refractivity contribution in [3.05, 3.63) is 0 Å². The Balaban J connectivity index is 2.24. The molecular weight excluding hydrogens is 214 g/mol. The quantitative estimate of drug-likeness (QED) is 0.685. The lowest BCUT2D eigenvalue weighted by atomic mass is 9.91. The zero-order valence-electron chi connectivity index (χ0n) is 8.54. The molecule has 0 unspecified atom stereocenters. The highest BCUT2D eigenvalue weighted by Gasteiger charge is 2.40. The molecule has 0 bridgehead atoms. The molecule has 2 heterocycles. The first-order valence-corrected chi connectivity index (χ1v) is 7.23. The van der Waals surface area contributed by atoms with Crippen molar-refractivity contribution in [1.82, 2.24) is 5.32 Å². The molecule has 0 amide bonds. The zero-order chi connectivity index (χ0) is 10.0. The second kappa shape index (κ2) is 4.24. The van der Waals surface area contributed by atoms with Crippen LogP contribution in [-0.4, -0.2) is 41.4 Å². The Morgan fingerprint density at radius 2 is 1.93 bits per heavy atom. The van der Waals surface area contributed by atoms with Crippen LogP contribution in [0.25, 0.3) is 0 Å². The number of hydrogen-bond donors (Lipinski definition) is 1. The van der Waals surface area contributed by atoms with Gasteiger partial charge in [0.2, 0.25) is 0 Å². The van der Waals surface area contributed by atoms with Gasteiger partial charge in [0.25, 0.3) is 0 Å². The topological polar surface area (TPSA) is 36.8 Å². The van der Waals surface area contributed by atoms with Crippen molar-refractivity contribution in [2.45, 2.75) is 18.4 Å². The molecule has 1 saturated heterocycles. The number of amidine groups is 1. The van der Waals surface area contributed by atoms with Crippen LogP contribution in [0.1, 0.15) is 12.8 Å². The van der Waals surface area contributed by atoms with E-state index >= 15 is 0 Å². The van der Waals surface area contributed by atoms with Crippen LogP contribution in [0.3, 0.4) is 0 Å². The molecule has 0 saturated carbocycles. The Morgan fingerprint density at radius 3 is 2.50 bits per heavy atom. The molecule has 1 spiro atoms. The minimum Gasteiger partial charge on any atom is -0.317 e. The monoisotopic (exact) mass is 229 g/mol. The SMILES string of the molecule is CSC1=NC2(CCNCC2)C(SC)=N1. The van der Waals surface area contributed by atoms with E-state index in [9.17, 15) is 0 Å². The highest BCUT2D eigenvalue weighted by Crippen LogP contribution is 2.35. The summed E-state index contributed by atoms with van der Waals surface area (Å²) in [4.78, 5) is 9.33. The molecule has 2 aliphatic heterocycles. The molecule has 2 rings (SSSR count). The van der Waals surface area contributed by atoms with Crippen molar-refractivity contribution in [3.8, 4) is 0 Å². The Bertz CT molecular complexity index is 280. The summed E-state index contributed by atoms with van der Waals surface area (Å²) in [6.07, 6.45) is 6.33. The minimum absolute atomic E-state index is 0.0308. The fourth-order valence-electron chi connectivity index (χ4n) is 1.94. The van der Waals surface area contributed by atoms with Gasteiger partial charge in [0.15, 0.2) is 5.17 Å². The Kier molecular flexibility index (Phi) is 3.19. The van der Waals surface area contributed by atoms with Gasteiger partial charge in [0.1, 0.15) is 10.6 Å². The standard InChI is InChI=1S/C9H15N3S2/c1-13-7-9(3-5-10-6-4-9)12-8(11-7)14-2/h10H,3-6H2,1-2H3. The molecule has 1 N–H and O–H groups in total. The highest BCUT2D eigenvalue weighted by molar-refractivity contribution is 8.15. The second-order valence-electron chi connectivity index (χ2n) is 3.50. The van der Waals surface area contributed by atoms with E-state index in [4.69, 9.17) is 4.99 Å². The normalized spacial score (nSPS) is 25.0. The molecule has 3 nitrogen and oxygen atoms in total. The average Bonchev–Trinajstić information content (AvgIpc) is 2.57. The maximum absolute atomic E-state index is 4.76. The number of nitrogens with one attached hydrogen (secondary N) is 1. The van der Waals surface area contributed by atoms with E-state index in [2.05, 4.69) is 16.6 Å². The summed E-state index contributed by atoms with van der Waals surface area (Å²) in [5, 5.41) is 5.54. The van der Waals surface area contributed by atoms with Gasteiger partial charge < -0.3 is 5.32 Å². The largest absolute Gasteiger partial charge is 0.317 e. The van der Waals surface area contributed by atoms with Crippen LogP contribution < -0.4 is 5.32 Å². The van der Waals surface area contributed by atoms with Crippen molar-refractivity contribution in [2.75, 3.05) is 25.6 Å². The fourth-order valence-corrected chi connectivity index (χ4v) is 3.25. The van der Waals surface area contributed by atoms with Gasteiger partial charge in [-0.2, -0.15) is 0 Å². The summed E-state index contributed by atoms with van der Waals surface area (Å²) < 4.78 is 0. The van der Waals surface area contributed by atoms with Crippen molar-refractivity contribution in [3.63, 3.8) is 0 Å². The van der Waals surface area contributed by atoms with Gasteiger partial charge in [-0.15, -0.1) is 11.8 Å². The van der Waals surface area contributed by atoms with E-state index in [0.29, 0.717) is 0 Å². The van der Waals surface area contributed by atoms with Gasteiger partial charge in [0.05, 0.1) is 0 Å². The number of rotatable bonds is 0. The molecule has 14 heavy (non-hydrogen) atoms. The van der Waals surface area contributed by atoms with E-state index in [1.54, 1.807) is 23.5 Å². The third-order valence-electron chi connectivity index (χ3n) is 2.71. The maximum Gasteiger partial charge on any atom is 0.184 e. The van der Waals surface area contributed by atoms with Crippen LogP contribution >= 0.6 is 23.5 Å². The first kappa shape index (κ1) is 10.5. The average molecular weight is 229 g/mol. The van der Waals surface area contributed by atoms with Gasteiger partial charge in [-0.05, 0) is 38.4 Å². The van der Waals surface area contributed by atoms with Gasteiger partial charge in [-0.1, -0.05) is 11.8 Å². The molecule has 0 aromatic rings. The molecule has 78 valence electrons. The predicted octanol–water partition coefficient (Wildman–Crippen LogP) is 1.60. The van der Waals surface area contributed by atoms with E-state index in [1.165, 1.54) is 5.04 Å². The van der Waals surface area contributed by atoms with Crippen molar-refractivity contribution in [2.24, 2.45) is 9.98 Å². The zero-order valence-corrected chi connectivity index (χ0v) is 10.2. The molecule has 0 atom stereocenters. The molecule has 0 aromatic carbocycles. The number of piperidine rings is 1. The highest BCUT2D eigenvalue weighted by atomic mass is 32.2. The third kappa shape index (κ3) is 1.73. The molecular formula is C9H15N3S2. The summed E-state index contributed by atoms with van der Waals surface area (Å²) in [5.41, 5.74) is 0.0308. The fraction of sp³-hybridized carbons (Fsp3) is 0.778. The minimum atomic E-state index is 0.0308. The summed E-state index contributed by atoms with van der Waals surface area (Å²) in [6.45, 7) is 2.12. The summed E-state index contributed by atoms with van der Waals surface area (Å²) >= 11 is 3.40. The van der Waals surface area contributed by atoms with Gasteiger partial charge in [0, 0.05) is 0 Å². The van der Waals surface area contributed by atoms with Crippen molar-refractivity contribution >= 4 is 33.7 Å². The van der Waals surface area contributed by atoms with E-state index in [1.807, 2.05) is 6.26 Å². The predicted molar refractivity (Wildman–Crippen MR) is 66.7 cm³/mol. The smallest absolute Gasteiger partial charge is 0.184 e. The number of nitrogens with zero attached hydrogens (tertiary/aromatic N) is 2.